The Balaban J connectivity index is 1.80. The standard InChI is InChI=1S/C18H29N5O3/c1-14(2)25-13-12-23-10-7-16(21-23)15-6-9-22(20-15)11-8-19-17(24)26-18(3,4)5/h6-7,9-10,14H,8,11-13H2,1-5H3,(H,19,24). The molecule has 26 heavy (non-hydrogen) atoms. The van der Waals surface area contributed by atoms with Crippen LogP contribution in [-0.2, 0) is 22.6 Å². The van der Waals surface area contributed by atoms with Gasteiger partial charge in [0.2, 0.25) is 0 Å². The molecule has 0 unspecified atom stereocenters. The number of nitrogens with one attached hydrogen (secondary N) is 1. The molecule has 1 amide bonds. The van der Waals surface area contributed by atoms with E-state index in [-0.39, 0.29) is 6.10 Å². The van der Waals surface area contributed by atoms with Gasteiger partial charge < -0.3 is 14.8 Å². The molecule has 2 rings (SSSR count). The molecule has 8 nitrogen and oxygen atoms in total. The molecule has 0 bridgehead atoms. The summed E-state index contributed by atoms with van der Waals surface area (Å²) in [6.07, 6.45) is 3.58. The highest BCUT2D eigenvalue weighted by Crippen LogP contribution is 2.14. The third-order valence-corrected chi connectivity index (χ3v) is 3.32. The van der Waals surface area contributed by atoms with Gasteiger partial charge in [-0.05, 0) is 46.8 Å². The monoisotopic (exact) mass is 363 g/mol. The summed E-state index contributed by atoms with van der Waals surface area (Å²) in [6.45, 7) is 11.9. The summed E-state index contributed by atoms with van der Waals surface area (Å²) in [4.78, 5) is 11.6. The van der Waals surface area contributed by atoms with Gasteiger partial charge in [-0.15, -0.1) is 0 Å². The predicted octanol–water partition coefficient (Wildman–Crippen LogP) is 2.70. The van der Waals surface area contributed by atoms with Crippen molar-refractivity contribution in [2.75, 3.05) is 13.2 Å². The average Bonchev–Trinajstić information content (AvgIpc) is 3.14. The number of amides is 1. The minimum atomic E-state index is -0.498. The van der Waals surface area contributed by atoms with Gasteiger partial charge in [-0.3, -0.25) is 9.36 Å². The van der Waals surface area contributed by atoms with Crippen LogP contribution in [0.1, 0.15) is 34.6 Å². The number of aromatic nitrogens is 4. The molecule has 0 fully saturated rings. The van der Waals surface area contributed by atoms with E-state index in [2.05, 4.69) is 15.5 Å². The molecule has 0 aliphatic heterocycles. The number of carbonyl (C=O) groups excluding carboxylic acids is 1. The van der Waals surface area contributed by atoms with Crippen molar-refractivity contribution < 1.29 is 14.3 Å². The van der Waals surface area contributed by atoms with Crippen molar-refractivity contribution in [1.29, 1.82) is 0 Å². The van der Waals surface area contributed by atoms with Crippen LogP contribution in [0.25, 0.3) is 11.4 Å². The van der Waals surface area contributed by atoms with Crippen LogP contribution in [-0.4, -0.2) is 50.5 Å². The van der Waals surface area contributed by atoms with E-state index in [1.807, 2.05) is 63.8 Å². The van der Waals surface area contributed by atoms with Crippen LogP contribution in [0.5, 0.6) is 0 Å². The molecule has 0 atom stereocenters. The van der Waals surface area contributed by atoms with E-state index in [1.165, 1.54) is 0 Å². The van der Waals surface area contributed by atoms with Gasteiger partial charge >= 0.3 is 6.09 Å². The molecule has 2 aromatic heterocycles. The van der Waals surface area contributed by atoms with Crippen molar-refractivity contribution in [1.82, 2.24) is 24.9 Å². The van der Waals surface area contributed by atoms with Crippen LogP contribution in [0.3, 0.4) is 0 Å². The molecular weight excluding hydrogens is 334 g/mol. The summed E-state index contributed by atoms with van der Waals surface area (Å²) in [5, 5.41) is 11.7. The quantitative estimate of drug-likeness (QED) is 0.780. The number of rotatable bonds is 8. The Labute approximate surface area is 154 Å². The van der Waals surface area contributed by atoms with Gasteiger partial charge in [-0.25, -0.2) is 4.79 Å². The van der Waals surface area contributed by atoms with Crippen molar-refractivity contribution in [2.24, 2.45) is 0 Å². The van der Waals surface area contributed by atoms with E-state index in [0.717, 1.165) is 11.4 Å². The van der Waals surface area contributed by atoms with Crippen LogP contribution in [0, 0.1) is 0 Å². The third-order valence-electron chi connectivity index (χ3n) is 3.32. The maximum Gasteiger partial charge on any atom is 0.407 e. The lowest BCUT2D eigenvalue weighted by Gasteiger charge is -2.19. The Bertz CT molecular complexity index is 700. The normalized spacial score (nSPS) is 11.8. The van der Waals surface area contributed by atoms with Gasteiger partial charge in [0.15, 0.2) is 0 Å². The lowest BCUT2D eigenvalue weighted by molar-refractivity contribution is 0.0525. The average molecular weight is 363 g/mol. The van der Waals surface area contributed by atoms with Gasteiger partial charge in [0.1, 0.15) is 17.0 Å². The zero-order valence-electron chi connectivity index (χ0n) is 16.2. The zero-order chi connectivity index (χ0) is 19.2. The highest BCUT2D eigenvalue weighted by Gasteiger charge is 2.15. The Kier molecular flexibility index (Phi) is 6.79. The molecular formula is C18H29N5O3. The first-order chi connectivity index (χ1) is 12.2. The van der Waals surface area contributed by atoms with Crippen LogP contribution in [0.4, 0.5) is 4.79 Å². The first-order valence-electron chi connectivity index (χ1n) is 8.89. The largest absolute Gasteiger partial charge is 0.444 e. The highest BCUT2D eigenvalue weighted by molar-refractivity contribution is 5.67. The zero-order valence-corrected chi connectivity index (χ0v) is 16.2. The Hall–Kier alpha value is -2.35. The van der Waals surface area contributed by atoms with E-state index >= 15 is 0 Å². The van der Waals surface area contributed by atoms with E-state index in [9.17, 15) is 4.79 Å². The second-order valence-electron chi connectivity index (χ2n) is 7.28. The second kappa shape index (κ2) is 8.84. The lowest BCUT2D eigenvalue weighted by atomic mass is 10.2. The summed E-state index contributed by atoms with van der Waals surface area (Å²) >= 11 is 0. The third kappa shape index (κ3) is 6.87. The number of carbonyl (C=O) groups is 1. The molecule has 0 radical (unpaired) electrons. The Morgan fingerprint density at radius 3 is 2.23 bits per heavy atom. The highest BCUT2D eigenvalue weighted by atomic mass is 16.6. The summed E-state index contributed by atoms with van der Waals surface area (Å²) in [5.41, 5.74) is 1.11. The Morgan fingerprint density at radius 2 is 1.69 bits per heavy atom. The van der Waals surface area contributed by atoms with Crippen molar-refractivity contribution >= 4 is 6.09 Å². The molecule has 0 aromatic carbocycles. The summed E-state index contributed by atoms with van der Waals surface area (Å²) in [7, 11) is 0. The van der Waals surface area contributed by atoms with Gasteiger partial charge in [0.05, 0.1) is 25.8 Å². The van der Waals surface area contributed by atoms with Gasteiger partial charge in [0.25, 0.3) is 0 Å². The molecule has 2 aromatic rings. The molecule has 144 valence electrons. The molecule has 0 spiro atoms. The maximum absolute atomic E-state index is 11.6. The minimum Gasteiger partial charge on any atom is -0.444 e. The van der Waals surface area contributed by atoms with Gasteiger partial charge in [0, 0.05) is 18.9 Å². The van der Waals surface area contributed by atoms with Crippen molar-refractivity contribution in [2.45, 2.75) is 59.4 Å². The fourth-order valence-corrected chi connectivity index (χ4v) is 2.21. The van der Waals surface area contributed by atoms with E-state index in [4.69, 9.17) is 9.47 Å². The Morgan fingerprint density at radius 1 is 1.12 bits per heavy atom. The molecule has 8 heteroatoms. The lowest BCUT2D eigenvalue weighted by Crippen LogP contribution is -2.34. The number of alkyl carbamates (subject to hydrolysis) is 1. The molecule has 0 aliphatic carbocycles. The minimum absolute atomic E-state index is 0.218. The van der Waals surface area contributed by atoms with Crippen LogP contribution in [0.2, 0.25) is 0 Å². The van der Waals surface area contributed by atoms with Crippen molar-refractivity contribution in [3.05, 3.63) is 24.5 Å². The fraction of sp³-hybridized carbons (Fsp3) is 0.611. The van der Waals surface area contributed by atoms with E-state index < -0.39 is 11.7 Å². The summed E-state index contributed by atoms with van der Waals surface area (Å²) < 4.78 is 14.3. The summed E-state index contributed by atoms with van der Waals surface area (Å²) in [6, 6.07) is 3.84. The molecule has 2 heterocycles. The SMILES string of the molecule is CC(C)OCCn1ccc(-c2ccn(CCNC(=O)OC(C)(C)C)n2)n1. The van der Waals surface area contributed by atoms with Gasteiger partial charge in [-0.1, -0.05) is 0 Å². The summed E-state index contributed by atoms with van der Waals surface area (Å²) in [5.74, 6) is 0. The van der Waals surface area contributed by atoms with Crippen LogP contribution < -0.4 is 5.32 Å². The van der Waals surface area contributed by atoms with Crippen molar-refractivity contribution in [3.8, 4) is 11.4 Å². The number of hydrogen-bond acceptors (Lipinski definition) is 5. The second-order valence-corrected chi connectivity index (χ2v) is 7.28. The van der Waals surface area contributed by atoms with Crippen molar-refractivity contribution in [3.63, 3.8) is 0 Å². The molecule has 0 saturated heterocycles. The van der Waals surface area contributed by atoms with Crippen LogP contribution >= 0.6 is 0 Å². The number of nitrogens with zero attached hydrogens (tertiary/aromatic N) is 4. The smallest absolute Gasteiger partial charge is 0.407 e. The number of hydrogen-bond donors (Lipinski definition) is 1. The number of ether oxygens (including phenoxy) is 2. The molecule has 0 saturated carbocycles. The van der Waals surface area contributed by atoms with Crippen LogP contribution in [0.15, 0.2) is 24.5 Å². The van der Waals surface area contributed by atoms with E-state index in [0.29, 0.717) is 26.2 Å². The molecule has 0 aliphatic rings. The first kappa shape index (κ1) is 20.0. The van der Waals surface area contributed by atoms with E-state index in [1.54, 1.807) is 4.68 Å². The first-order valence-corrected chi connectivity index (χ1v) is 8.89. The molecule has 1 N–H and O–H groups in total. The predicted molar refractivity (Wildman–Crippen MR) is 98.8 cm³/mol. The fourth-order valence-electron chi connectivity index (χ4n) is 2.21. The van der Waals surface area contributed by atoms with Gasteiger partial charge in [-0.2, -0.15) is 10.2 Å². The maximum atomic E-state index is 11.6. The topological polar surface area (TPSA) is 83.2 Å².